The number of carbonyl (C=O) groups excluding carboxylic acids is 2. The van der Waals surface area contributed by atoms with E-state index in [2.05, 4.69) is 20.8 Å². The molecule has 0 saturated heterocycles. The maximum absolute atomic E-state index is 13.8. The lowest BCUT2D eigenvalue weighted by atomic mass is 10.2. The van der Waals surface area contributed by atoms with Gasteiger partial charge in [0.15, 0.2) is 11.0 Å². The van der Waals surface area contributed by atoms with E-state index < -0.39 is 17.8 Å². The van der Waals surface area contributed by atoms with E-state index in [1.54, 1.807) is 24.6 Å². The molecule has 9 heteroatoms. The number of benzene rings is 2. The van der Waals surface area contributed by atoms with Crippen molar-refractivity contribution in [3.8, 4) is 0 Å². The van der Waals surface area contributed by atoms with E-state index in [4.69, 9.17) is 0 Å². The van der Waals surface area contributed by atoms with E-state index in [1.807, 2.05) is 31.2 Å². The number of amides is 2. The van der Waals surface area contributed by atoms with Crippen LogP contribution in [0.1, 0.15) is 34.7 Å². The number of carbonyl (C=O) groups is 2. The number of nitrogens with zero attached hydrogens (tertiary/aromatic N) is 3. The molecule has 2 amide bonds. The zero-order chi connectivity index (χ0) is 21.7. The van der Waals surface area contributed by atoms with Crippen molar-refractivity contribution < 1.29 is 14.0 Å². The number of thioether (sulfide) groups is 1. The lowest BCUT2D eigenvalue weighted by Crippen LogP contribution is -2.29. The first kappa shape index (κ1) is 21.5. The SMILES string of the molecule is Cc1cccc(NC(=O)CSc2nnc([C@H](C)NC(=O)c3ccccc3F)n2C)c1. The molecule has 156 valence electrons. The van der Waals surface area contributed by atoms with Crippen LogP contribution in [0.25, 0.3) is 0 Å². The summed E-state index contributed by atoms with van der Waals surface area (Å²) in [5, 5.41) is 14.3. The third-order valence-corrected chi connectivity index (χ3v) is 5.38. The summed E-state index contributed by atoms with van der Waals surface area (Å²) in [7, 11) is 1.75. The minimum Gasteiger partial charge on any atom is -0.342 e. The molecule has 2 aromatic carbocycles. The van der Waals surface area contributed by atoms with Gasteiger partial charge in [-0.1, -0.05) is 36.0 Å². The molecule has 30 heavy (non-hydrogen) atoms. The van der Waals surface area contributed by atoms with Crippen LogP contribution in [-0.2, 0) is 11.8 Å². The van der Waals surface area contributed by atoms with Gasteiger partial charge in [0.2, 0.25) is 5.91 Å². The monoisotopic (exact) mass is 427 g/mol. The quantitative estimate of drug-likeness (QED) is 0.564. The third kappa shape index (κ3) is 5.24. The highest BCUT2D eigenvalue weighted by Crippen LogP contribution is 2.20. The summed E-state index contributed by atoms with van der Waals surface area (Å²) in [6.45, 7) is 3.69. The van der Waals surface area contributed by atoms with Gasteiger partial charge in [-0.3, -0.25) is 9.59 Å². The molecular formula is C21H22FN5O2S. The highest BCUT2D eigenvalue weighted by molar-refractivity contribution is 7.99. The van der Waals surface area contributed by atoms with Gasteiger partial charge in [0, 0.05) is 12.7 Å². The fraction of sp³-hybridized carbons (Fsp3) is 0.238. The Bertz CT molecular complexity index is 1070. The summed E-state index contributed by atoms with van der Waals surface area (Å²) >= 11 is 1.24. The average molecular weight is 428 g/mol. The van der Waals surface area contributed by atoms with Crippen molar-refractivity contribution in [2.45, 2.75) is 25.0 Å². The second-order valence-corrected chi connectivity index (χ2v) is 7.72. The summed E-state index contributed by atoms with van der Waals surface area (Å²) < 4.78 is 15.5. The van der Waals surface area contributed by atoms with Gasteiger partial charge in [-0.05, 0) is 43.7 Å². The average Bonchev–Trinajstić information content (AvgIpc) is 3.07. The molecule has 1 heterocycles. The Morgan fingerprint density at radius 2 is 1.93 bits per heavy atom. The molecule has 3 rings (SSSR count). The molecule has 0 bridgehead atoms. The van der Waals surface area contributed by atoms with E-state index in [9.17, 15) is 14.0 Å². The van der Waals surface area contributed by atoms with Crippen LogP contribution >= 0.6 is 11.8 Å². The Morgan fingerprint density at radius 1 is 1.17 bits per heavy atom. The molecule has 0 saturated carbocycles. The maximum Gasteiger partial charge on any atom is 0.254 e. The van der Waals surface area contributed by atoms with Gasteiger partial charge >= 0.3 is 0 Å². The first-order chi connectivity index (χ1) is 14.3. The minimum atomic E-state index is -0.587. The van der Waals surface area contributed by atoms with Crippen molar-refractivity contribution in [1.29, 1.82) is 0 Å². The van der Waals surface area contributed by atoms with Crippen LogP contribution in [0.4, 0.5) is 10.1 Å². The molecule has 0 aliphatic rings. The molecule has 0 aliphatic carbocycles. The predicted molar refractivity (Wildman–Crippen MR) is 114 cm³/mol. The second-order valence-electron chi connectivity index (χ2n) is 6.78. The molecule has 1 aromatic heterocycles. The summed E-state index contributed by atoms with van der Waals surface area (Å²) in [6.07, 6.45) is 0. The van der Waals surface area contributed by atoms with Crippen molar-refractivity contribution in [3.05, 3.63) is 71.3 Å². The molecule has 0 fully saturated rings. The van der Waals surface area contributed by atoms with Gasteiger partial charge < -0.3 is 15.2 Å². The van der Waals surface area contributed by atoms with Gasteiger partial charge in [-0.2, -0.15) is 0 Å². The Kier molecular flexibility index (Phi) is 6.83. The molecule has 0 spiro atoms. The summed E-state index contributed by atoms with van der Waals surface area (Å²) in [6, 6.07) is 12.8. The van der Waals surface area contributed by atoms with Gasteiger partial charge in [-0.25, -0.2) is 4.39 Å². The molecular weight excluding hydrogens is 405 g/mol. The normalized spacial score (nSPS) is 11.7. The number of hydrogen-bond donors (Lipinski definition) is 2. The van der Waals surface area contributed by atoms with E-state index in [-0.39, 0.29) is 17.2 Å². The lowest BCUT2D eigenvalue weighted by molar-refractivity contribution is -0.113. The number of aromatic nitrogens is 3. The first-order valence-electron chi connectivity index (χ1n) is 9.29. The summed E-state index contributed by atoms with van der Waals surface area (Å²) in [5.74, 6) is -0.612. The standard InChI is InChI=1S/C21H22FN5O2S/c1-13-7-6-8-15(11-13)24-18(28)12-30-21-26-25-19(27(21)3)14(2)23-20(29)16-9-4-5-10-17(16)22/h4-11,14H,12H2,1-3H3,(H,23,29)(H,24,28)/t14-/m0/s1. The van der Waals surface area contributed by atoms with Crippen molar-refractivity contribution in [3.63, 3.8) is 0 Å². The Labute approximate surface area is 178 Å². The van der Waals surface area contributed by atoms with Crippen molar-refractivity contribution in [2.75, 3.05) is 11.1 Å². The topological polar surface area (TPSA) is 88.9 Å². The Hall–Kier alpha value is -3.20. The van der Waals surface area contributed by atoms with Crippen LogP contribution < -0.4 is 10.6 Å². The fourth-order valence-electron chi connectivity index (χ4n) is 2.86. The molecule has 3 aromatic rings. The van der Waals surface area contributed by atoms with Gasteiger partial charge in [0.25, 0.3) is 5.91 Å². The number of nitrogens with one attached hydrogen (secondary N) is 2. The van der Waals surface area contributed by atoms with Crippen LogP contribution in [0, 0.1) is 12.7 Å². The second kappa shape index (κ2) is 9.53. The largest absolute Gasteiger partial charge is 0.342 e. The van der Waals surface area contributed by atoms with Crippen LogP contribution in [0.15, 0.2) is 53.7 Å². The zero-order valence-corrected chi connectivity index (χ0v) is 17.7. The van der Waals surface area contributed by atoms with Crippen molar-refractivity contribution in [1.82, 2.24) is 20.1 Å². The smallest absolute Gasteiger partial charge is 0.254 e. The molecule has 7 nitrogen and oxygen atoms in total. The van der Waals surface area contributed by atoms with Crippen molar-refractivity contribution >= 4 is 29.3 Å². The number of hydrogen-bond acceptors (Lipinski definition) is 5. The Balaban J connectivity index is 1.59. The van der Waals surface area contributed by atoms with Crippen LogP contribution in [-0.4, -0.2) is 32.3 Å². The summed E-state index contributed by atoms with van der Waals surface area (Å²) in [4.78, 5) is 24.5. The number of anilines is 1. The predicted octanol–water partition coefficient (Wildman–Crippen LogP) is 3.48. The first-order valence-corrected chi connectivity index (χ1v) is 10.3. The van der Waals surface area contributed by atoms with E-state index in [1.165, 1.54) is 30.0 Å². The maximum atomic E-state index is 13.8. The minimum absolute atomic E-state index is 0.0334. The van der Waals surface area contributed by atoms with E-state index in [0.717, 1.165) is 11.3 Å². The number of halogens is 1. The van der Waals surface area contributed by atoms with Crippen LogP contribution in [0.5, 0.6) is 0 Å². The number of aryl methyl sites for hydroxylation is 1. The number of rotatable bonds is 7. The van der Waals surface area contributed by atoms with Crippen LogP contribution in [0.2, 0.25) is 0 Å². The highest BCUT2D eigenvalue weighted by Gasteiger charge is 2.20. The van der Waals surface area contributed by atoms with Gasteiger partial charge in [0.1, 0.15) is 5.82 Å². The molecule has 0 aliphatic heterocycles. The van der Waals surface area contributed by atoms with Gasteiger partial charge in [-0.15, -0.1) is 10.2 Å². The summed E-state index contributed by atoms with van der Waals surface area (Å²) in [5.41, 5.74) is 1.77. The molecule has 2 N–H and O–H groups in total. The zero-order valence-electron chi connectivity index (χ0n) is 16.8. The third-order valence-electron chi connectivity index (χ3n) is 4.36. The van der Waals surface area contributed by atoms with Crippen molar-refractivity contribution in [2.24, 2.45) is 7.05 Å². The molecule has 0 radical (unpaired) electrons. The molecule has 1 atom stereocenters. The van der Waals surface area contributed by atoms with Crippen LogP contribution in [0.3, 0.4) is 0 Å². The van der Waals surface area contributed by atoms with E-state index >= 15 is 0 Å². The highest BCUT2D eigenvalue weighted by atomic mass is 32.2. The lowest BCUT2D eigenvalue weighted by Gasteiger charge is -2.14. The Morgan fingerprint density at radius 3 is 2.67 bits per heavy atom. The fourth-order valence-corrected chi connectivity index (χ4v) is 3.58. The molecule has 0 unspecified atom stereocenters. The van der Waals surface area contributed by atoms with Gasteiger partial charge in [0.05, 0.1) is 17.4 Å². The van der Waals surface area contributed by atoms with E-state index in [0.29, 0.717) is 11.0 Å².